The van der Waals surface area contributed by atoms with Crippen LogP contribution in [0.5, 0.6) is 0 Å². The van der Waals surface area contributed by atoms with Gasteiger partial charge >= 0.3 is 23.8 Å². The average Bonchev–Trinajstić information content (AvgIpc) is 2.64. The van der Waals surface area contributed by atoms with Crippen LogP contribution < -0.4 is 0 Å². The van der Waals surface area contributed by atoms with Gasteiger partial charge in [-0.15, -0.1) is 5.10 Å². The highest BCUT2D eigenvalue weighted by atomic mass is 19.4. The maximum atomic E-state index is 12.9. The standard InChI is InChI=1S/C5F8N4/c6-2(7)1-14-15-16-17(1)5(12,13)4(10,11)3(2,8)9. The van der Waals surface area contributed by atoms with Gasteiger partial charge in [-0.3, -0.25) is 0 Å². The van der Waals surface area contributed by atoms with E-state index in [1.165, 1.54) is 0 Å². The zero-order valence-electron chi connectivity index (χ0n) is 7.31. The number of hydrogen-bond donors (Lipinski definition) is 0. The highest BCUT2D eigenvalue weighted by Gasteiger charge is 2.87. The summed E-state index contributed by atoms with van der Waals surface area (Å²) < 4.78 is 101. The average molecular weight is 268 g/mol. The molecule has 96 valence electrons. The number of aromatic nitrogens is 4. The second-order valence-corrected chi connectivity index (χ2v) is 3.18. The summed E-state index contributed by atoms with van der Waals surface area (Å²) in [6.45, 7) is 0. The van der Waals surface area contributed by atoms with Crippen molar-refractivity contribution in [3.63, 3.8) is 0 Å². The molecule has 4 nitrogen and oxygen atoms in total. The molecule has 1 aliphatic heterocycles. The Bertz CT molecular complexity index is 424. The number of nitrogens with zero attached hydrogens (tertiary/aromatic N) is 4. The maximum absolute atomic E-state index is 12.9. The lowest BCUT2D eigenvalue weighted by Gasteiger charge is -2.39. The van der Waals surface area contributed by atoms with E-state index in [4.69, 9.17) is 0 Å². The molecule has 0 amide bonds. The van der Waals surface area contributed by atoms with Crippen LogP contribution in [0.3, 0.4) is 0 Å². The minimum atomic E-state index is -6.33. The van der Waals surface area contributed by atoms with E-state index in [9.17, 15) is 35.1 Å². The van der Waals surface area contributed by atoms with Gasteiger partial charge in [0.1, 0.15) is 0 Å². The van der Waals surface area contributed by atoms with E-state index in [0.717, 1.165) is 0 Å². The molecule has 1 aliphatic rings. The molecule has 17 heavy (non-hydrogen) atoms. The lowest BCUT2D eigenvalue weighted by atomic mass is 9.98. The molecule has 0 aromatic carbocycles. The highest BCUT2D eigenvalue weighted by molar-refractivity contribution is 5.15. The molecule has 0 N–H and O–H groups in total. The minimum Gasteiger partial charge on any atom is -0.192 e. The largest absolute Gasteiger partial charge is 0.416 e. The van der Waals surface area contributed by atoms with Crippen LogP contribution in [0.25, 0.3) is 0 Å². The zero-order valence-corrected chi connectivity index (χ0v) is 7.31. The van der Waals surface area contributed by atoms with Crippen molar-refractivity contribution in [3.05, 3.63) is 5.82 Å². The number of rotatable bonds is 0. The van der Waals surface area contributed by atoms with Crippen LogP contribution in [0.4, 0.5) is 35.1 Å². The Kier molecular flexibility index (Phi) is 1.88. The number of fused-ring (bicyclic) bond motifs is 1. The van der Waals surface area contributed by atoms with Crippen LogP contribution in [0.2, 0.25) is 0 Å². The molecule has 0 radical (unpaired) electrons. The van der Waals surface area contributed by atoms with Crippen molar-refractivity contribution in [1.82, 2.24) is 20.2 Å². The van der Waals surface area contributed by atoms with E-state index in [0.29, 0.717) is 0 Å². The molecule has 0 bridgehead atoms. The highest BCUT2D eigenvalue weighted by Crippen LogP contribution is 2.60. The summed E-state index contributed by atoms with van der Waals surface area (Å²) in [5.74, 6) is -20.6. The van der Waals surface area contributed by atoms with Gasteiger partial charge in [0.25, 0.3) is 0 Å². The fourth-order valence-electron chi connectivity index (χ4n) is 1.23. The molecule has 1 aromatic heterocycles. The maximum Gasteiger partial charge on any atom is 0.416 e. The molecule has 12 heteroatoms. The molecule has 2 heterocycles. The molecule has 0 spiro atoms. The van der Waals surface area contributed by atoms with Crippen LogP contribution in [-0.2, 0) is 12.0 Å². The normalized spacial score (nSPS) is 27.5. The van der Waals surface area contributed by atoms with Crippen molar-refractivity contribution in [2.75, 3.05) is 0 Å². The fourth-order valence-corrected chi connectivity index (χ4v) is 1.23. The van der Waals surface area contributed by atoms with Crippen LogP contribution in [0.15, 0.2) is 0 Å². The van der Waals surface area contributed by atoms with Gasteiger partial charge in [0.2, 0.25) is 5.82 Å². The number of halogens is 8. The lowest BCUT2D eigenvalue weighted by Crippen LogP contribution is -2.66. The van der Waals surface area contributed by atoms with E-state index >= 15 is 0 Å². The second-order valence-electron chi connectivity index (χ2n) is 3.18. The van der Waals surface area contributed by atoms with Crippen LogP contribution in [0.1, 0.15) is 5.82 Å². The lowest BCUT2D eigenvalue weighted by molar-refractivity contribution is -0.415. The second kappa shape index (κ2) is 2.67. The Labute approximate surface area is 86.2 Å². The molecular weight excluding hydrogens is 268 g/mol. The van der Waals surface area contributed by atoms with Gasteiger partial charge in [0, 0.05) is 0 Å². The van der Waals surface area contributed by atoms with Crippen molar-refractivity contribution in [3.8, 4) is 0 Å². The first-order valence-electron chi connectivity index (χ1n) is 3.78. The molecule has 2 rings (SSSR count). The van der Waals surface area contributed by atoms with Crippen LogP contribution >= 0.6 is 0 Å². The molecule has 0 saturated heterocycles. The molecule has 0 unspecified atom stereocenters. The van der Waals surface area contributed by atoms with E-state index in [1.807, 2.05) is 0 Å². The SMILES string of the molecule is FC1(F)c2nnnn2C(F)(F)C(F)(F)C1(F)F. The molecule has 1 aromatic rings. The first-order chi connectivity index (χ1) is 7.48. The van der Waals surface area contributed by atoms with Crippen LogP contribution in [-0.4, -0.2) is 32.1 Å². The smallest absolute Gasteiger partial charge is 0.192 e. The summed E-state index contributed by atoms with van der Waals surface area (Å²) in [4.78, 5) is 0. The van der Waals surface area contributed by atoms with Gasteiger partial charge in [-0.25, -0.2) is 0 Å². The predicted octanol–water partition coefficient (Wildman–Crippen LogP) is 1.60. The Balaban J connectivity index is 2.83. The summed E-state index contributed by atoms with van der Waals surface area (Å²) in [7, 11) is 0. The Morgan fingerprint density at radius 1 is 0.824 bits per heavy atom. The number of tetrazole rings is 1. The monoisotopic (exact) mass is 268 g/mol. The summed E-state index contributed by atoms with van der Waals surface area (Å²) >= 11 is 0. The van der Waals surface area contributed by atoms with Gasteiger partial charge in [-0.05, 0) is 10.4 Å². The van der Waals surface area contributed by atoms with Gasteiger partial charge in [-0.1, -0.05) is 0 Å². The van der Waals surface area contributed by atoms with Crippen molar-refractivity contribution < 1.29 is 35.1 Å². The minimum absolute atomic E-state index is 1.30. The van der Waals surface area contributed by atoms with Gasteiger partial charge in [-0.2, -0.15) is 39.8 Å². The summed E-state index contributed by atoms with van der Waals surface area (Å²) in [6.07, 6.45) is 0. The third-order valence-corrected chi connectivity index (χ3v) is 2.18. The fraction of sp³-hybridized carbons (Fsp3) is 0.800. The Morgan fingerprint density at radius 2 is 1.35 bits per heavy atom. The van der Waals surface area contributed by atoms with Gasteiger partial charge < -0.3 is 0 Å². The van der Waals surface area contributed by atoms with E-state index in [2.05, 4.69) is 15.5 Å². The van der Waals surface area contributed by atoms with E-state index in [-0.39, 0.29) is 0 Å². The number of hydrogen-bond acceptors (Lipinski definition) is 3. The van der Waals surface area contributed by atoms with Crippen molar-refractivity contribution in [1.29, 1.82) is 0 Å². The quantitative estimate of drug-likeness (QED) is 0.671. The summed E-state index contributed by atoms with van der Waals surface area (Å²) in [5.41, 5.74) is 0. The predicted molar refractivity (Wildman–Crippen MR) is 31.8 cm³/mol. The van der Waals surface area contributed by atoms with E-state index in [1.54, 1.807) is 0 Å². The Hall–Kier alpha value is -1.49. The zero-order chi connectivity index (χ0) is 13.3. The van der Waals surface area contributed by atoms with Crippen molar-refractivity contribution in [2.24, 2.45) is 0 Å². The third-order valence-electron chi connectivity index (χ3n) is 2.18. The summed E-state index contributed by atoms with van der Waals surface area (Å²) in [5, 5.41) is 6.67. The number of alkyl halides is 8. The molecule has 0 saturated carbocycles. The van der Waals surface area contributed by atoms with Crippen molar-refractivity contribution in [2.45, 2.75) is 23.8 Å². The van der Waals surface area contributed by atoms with Gasteiger partial charge in [0.05, 0.1) is 0 Å². The third kappa shape index (κ3) is 1.01. The van der Waals surface area contributed by atoms with Gasteiger partial charge in [0.15, 0.2) is 0 Å². The Morgan fingerprint density at radius 3 is 1.88 bits per heavy atom. The molecule has 0 aliphatic carbocycles. The molecule has 0 atom stereocenters. The first kappa shape index (κ1) is 12.0. The topological polar surface area (TPSA) is 43.6 Å². The summed E-state index contributed by atoms with van der Waals surface area (Å²) in [6, 6.07) is -5.66. The molecule has 0 fully saturated rings. The van der Waals surface area contributed by atoms with Crippen LogP contribution in [0, 0.1) is 0 Å². The van der Waals surface area contributed by atoms with Crippen molar-refractivity contribution >= 4 is 0 Å². The van der Waals surface area contributed by atoms with E-state index < -0.39 is 34.3 Å². The molecular formula is C5F8N4. The first-order valence-corrected chi connectivity index (χ1v) is 3.78.